The third-order valence-corrected chi connectivity index (χ3v) is 3.51. The van der Waals surface area contributed by atoms with Gasteiger partial charge in [0, 0.05) is 7.05 Å². The van der Waals surface area contributed by atoms with Gasteiger partial charge in [0.2, 0.25) is 10.0 Å². The number of hydroxylamine groups is 2. The number of rotatable bonds is 5. The van der Waals surface area contributed by atoms with Crippen molar-refractivity contribution in [1.29, 1.82) is 0 Å². The summed E-state index contributed by atoms with van der Waals surface area (Å²) < 4.78 is 25.6. The van der Waals surface area contributed by atoms with E-state index in [1.165, 1.54) is 26.3 Å². The lowest BCUT2D eigenvalue weighted by Gasteiger charge is -2.13. The van der Waals surface area contributed by atoms with Gasteiger partial charge in [-0.2, -0.15) is 0 Å². The molecule has 0 aromatic heterocycles. The summed E-state index contributed by atoms with van der Waals surface area (Å²) in [6.07, 6.45) is 0. The second-order valence-corrected chi connectivity index (χ2v) is 4.98. The molecule has 0 aliphatic heterocycles. The molecule has 1 amide bonds. The molecule has 0 aliphatic carbocycles. The third-order valence-electron chi connectivity index (χ3n) is 2.09. The lowest BCUT2D eigenvalue weighted by Crippen LogP contribution is -2.37. The number of carbonyl (C=O) groups is 1. The summed E-state index contributed by atoms with van der Waals surface area (Å²) >= 11 is 0. The van der Waals surface area contributed by atoms with Crippen molar-refractivity contribution in [1.82, 2.24) is 9.79 Å². The fraction of sp³-hybridized carbons (Fsp3) is 0.300. The van der Waals surface area contributed by atoms with Gasteiger partial charge < -0.3 is 0 Å². The molecular weight excluding hydrogens is 244 g/mol. The summed E-state index contributed by atoms with van der Waals surface area (Å²) in [6, 6.07) is 7.83. The fourth-order valence-electron chi connectivity index (χ4n) is 1.05. The Hall–Kier alpha value is -1.44. The van der Waals surface area contributed by atoms with Gasteiger partial charge in [0.25, 0.3) is 5.91 Å². The van der Waals surface area contributed by atoms with Gasteiger partial charge in [0.15, 0.2) is 0 Å². The Balaban J connectivity index is 2.67. The summed E-state index contributed by atoms with van der Waals surface area (Å²) in [5.41, 5.74) is 0. The highest BCUT2D eigenvalue weighted by molar-refractivity contribution is 7.89. The number of likely N-dealkylation sites (N-methyl/N-ethyl adjacent to an activating group) is 1. The second-order valence-electron chi connectivity index (χ2n) is 3.21. The van der Waals surface area contributed by atoms with Crippen molar-refractivity contribution in [3.8, 4) is 0 Å². The van der Waals surface area contributed by atoms with E-state index in [2.05, 4.69) is 9.56 Å². The molecule has 94 valence electrons. The minimum absolute atomic E-state index is 0.118. The van der Waals surface area contributed by atoms with Crippen molar-refractivity contribution in [3.05, 3.63) is 30.3 Å². The predicted molar refractivity (Wildman–Crippen MR) is 61.4 cm³/mol. The molecule has 1 rings (SSSR count). The molecular formula is C10H14N2O4S. The average Bonchev–Trinajstić information content (AvgIpc) is 2.36. The minimum atomic E-state index is -3.65. The van der Waals surface area contributed by atoms with Crippen LogP contribution in [0.2, 0.25) is 0 Å². The first-order valence-electron chi connectivity index (χ1n) is 4.83. The first-order valence-corrected chi connectivity index (χ1v) is 6.31. The van der Waals surface area contributed by atoms with Gasteiger partial charge in [-0.3, -0.25) is 9.63 Å². The third kappa shape index (κ3) is 3.81. The van der Waals surface area contributed by atoms with Crippen molar-refractivity contribution < 1.29 is 18.0 Å². The van der Waals surface area contributed by atoms with Gasteiger partial charge in [-0.25, -0.2) is 18.2 Å². The van der Waals surface area contributed by atoms with Crippen molar-refractivity contribution in [3.63, 3.8) is 0 Å². The normalized spacial score (nSPS) is 11.2. The number of sulfonamides is 1. The van der Waals surface area contributed by atoms with Crippen molar-refractivity contribution in [2.75, 3.05) is 20.7 Å². The Kier molecular flexibility index (Phi) is 4.62. The molecule has 0 aliphatic rings. The summed E-state index contributed by atoms with van der Waals surface area (Å²) in [5.74, 6) is -0.480. The van der Waals surface area contributed by atoms with E-state index in [-0.39, 0.29) is 11.4 Å². The molecule has 0 radical (unpaired) electrons. The van der Waals surface area contributed by atoms with Gasteiger partial charge in [-0.15, -0.1) is 0 Å². The largest absolute Gasteiger partial charge is 0.275 e. The summed E-state index contributed by atoms with van der Waals surface area (Å²) in [7, 11) is -0.925. The number of hydrogen-bond acceptors (Lipinski definition) is 4. The zero-order valence-electron chi connectivity index (χ0n) is 9.58. The minimum Gasteiger partial charge on any atom is -0.275 e. The van der Waals surface area contributed by atoms with Crippen LogP contribution in [0.4, 0.5) is 0 Å². The molecule has 1 N–H and O–H groups in total. The lowest BCUT2D eigenvalue weighted by molar-refractivity contribution is -0.167. The number of amides is 1. The van der Waals surface area contributed by atoms with Crippen LogP contribution in [0.3, 0.4) is 0 Å². The number of carbonyl (C=O) groups excluding carboxylic acids is 1. The van der Waals surface area contributed by atoms with Crippen LogP contribution in [0, 0.1) is 0 Å². The smallest absolute Gasteiger partial charge is 0.260 e. The highest BCUT2D eigenvalue weighted by Gasteiger charge is 2.16. The quantitative estimate of drug-likeness (QED) is 0.753. The molecule has 1 aromatic rings. The average molecular weight is 258 g/mol. The number of hydrogen-bond donors (Lipinski definition) is 1. The van der Waals surface area contributed by atoms with Crippen LogP contribution in [0.5, 0.6) is 0 Å². The number of nitrogens with one attached hydrogen (secondary N) is 1. The Morgan fingerprint density at radius 1 is 1.35 bits per heavy atom. The zero-order chi connectivity index (χ0) is 12.9. The molecule has 0 atom stereocenters. The second kappa shape index (κ2) is 5.76. The molecule has 0 heterocycles. The van der Waals surface area contributed by atoms with E-state index in [0.29, 0.717) is 0 Å². The maximum absolute atomic E-state index is 11.7. The van der Waals surface area contributed by atoms with Gasteiger partial charge in [0.1, 0.15) is 0 Å². The Labute approximate surface area is 100 Å². The highest BCUT2D eigenvalue weighted by Crippen LogP contribution is 2.06. The summed E-state index contributed by atoms with van der Waals surface area (Å²) in [6.45, 7) is -0.346. The SMILES string of the molecule is CON(C)C(=O)CNS(=O)(=O)c1ccccc1. The zero-order valence-corrected chi connectivity index (χ0v) is 10.4. The summed E-state index contributed by atoms with van der Waals surface area (Å²) in [5, 5.41) is 0.952. The molecule has 0 spiro atoms. The number of nitrogens with zero attached hydrogens (tertiary/aromatic N) is 1. The first kappa shape index (κ1) is 13.6. The fourth-order valence-corrected chi connectivity index (χ4v) is 2.05. The molecule has 0 bridgehead atoms. The topological polar surface area (TPSA) is 75.7 Å². The van der Waals surface area contributed by atoms with E-state index in [1.54, 1.807) is 18.2 Å². The molecule has 17 heavy (non-hydrogen) atoms. The van der Waals surface area contributed by atoms with Gasteiger partial charge in [-0.05, 0) is 12.1 Å². The van der Waals surface area contributed by atoms with Gasteiger partial charge in [-0.1, -0.05) is 18.2 Å². The highest BCUT2D eigenvalue weighted by atomic mass is 32.2. The van der Waals surface area contributed by atoms with Crippen LogP contribution in [0.15, 0.2) is 35.2 Å². The maximum atomic E-state index is 11.7. The van der Waals surface area contributed by atoms with Crippen molar-refractivity contribution >= 4 is 15.9 Å². The van der Waals surface area contributed by atoms with Crippen LogP contribution in [0.25, 0.3) is 0 Å². The molecule has 7 heteroatoms. The standard InChI is InChI=1S/C10H14N2O4S/c1-12(16-2)10(13)8-11-17(14,15)9-6-4-3-5-7-9/h3-7,11H,8H2,1-2H3. The molecule has 0 saturated carbocycles. The lowest BCUT2D eigenvalue weighted by atomic mass is 10.4. The van der Waals surface area contributed by atoms with E-state index in [4.69, 9.17) is 0 Å². The van der Waals surface area contributed by atoms with E-state index in [0.717, 1.165) is 5.06 Å². The Morgan fingerprint density at radius 3 is 2.47 bits per heavy atom. The monoisotopic (exact) mass is 258 g/mol. The molecule has 1 aromatic carbocycles. The van der Waals surface area contributed by atoms with Crippen LogP contribution in [-0.4, -0.2) is 40.1 Å². The maximum Gasteiger partial charge on any atom is 0.260 e. The van der Waals surface area contributed by atoms with Gasteiger partial charge >= 0.3 is 0 Å². The predicted octanol–water partition coefficient (Wildman–Crippen LogP) is -0.0153. The van der Waals surface area contributed by atoms with Crippen LogP contribution < -0.4 is 4.72 Å². The van der Waals surface area contributed by atoms with Crippen LogP contribution in [0.1, 0.15) is 0 Å². The van der Waals surface area contributed by atoms with Gasteiger partial charge in [0.05, 0.1) is 18.6 Å². The van der Waals surface area contributed by atoms with E-state index >= 15 is 0 Å². The Morgan fingerprint density at radius 2 is 1.94 bits per heavy atom. The molecule has 6 nitrogen and oxygen atoms in total. The molecule has 0 unspecified atom stereocenters. The van der Waals surface area contributed by atoms with Crippen LogP contribution in [-0.2, 0) is 19.7 Å². The van der Waals surface area contributed by atoms with E-state index in [1.807, 2.05) is 0 Å². The first-order chi connectivity index (χ1) is 7.97. The van der Waals surface area contributed by atoms with Crippen molar-refractivity contribution in [2.24, 2.45) is 0 Å². The van der Waals surface area contributed by atoms with E-state index in [9.17, 15) is 13.2 Å². The molecule has 0 fully saturated rings. The van der Waals surface area contributed by atoms with Crippen LogP contribution >= 0.6 is 0 Å². The van der Waals surface area contributed by atoms with E-state index < -0.39 is 15.9 Å². The number of benzene rings is 1. The summed E-state index contributed by atoms with van der Waals surface area (Å²) in [4.78, 5) is 16.1. The molecule has 0 saturated heterocycles. The Bertz CT molecular complexity index is 472. The van der Waals surface area contributed by atoms with Crippen molar-refractivity contribution in [2.45, 2.75) is 4.90 Å².